The normalized spacial score (nSPS) is 27.6. The van der Waals surface area contributed by atoms with Crippen LogP contribution >= 0.6 is 15.9 Å². The SMILES string of the molecule is C=C1N=C(NC(=O)C(C)C)C=CN1C1P2OC(COP(=O)(O)NCc3c(CO)cnc(C)c3O)C(OC(=O)C(C)C)C12F. The highest BCUT2D eigenvalue weighted by Gasteiger charge is 2.82. The number of rotatable bonds is 11. The fourth-order valence-corrected chi connectivity index (χ4v) is 7.77. The predicted molar refractivity (Wildman–Crippen MR) is 154 cm³/mol. The van der Waals surface area contributed by atoms with Gasteiger partial charge in [0.05, 0.1) is 24.8 Å². The van der Waals surface area contributed by atoms with Crippen molar-refractivity contribution in [2.45, 2.75) is 71.2 Å². The number of esters is 1. The van der Waals surface area contributed by atoms with Gasteiger partial charge in [-0.1, -0.05) is 34.3 Å². The molecule has 4 heterocycles. The van der Waals surface area contributed by atoms with Gasteiger partial charge >= 0.3 is 13.7 Å². The Labute approximate surface area is 249 Å². The van der Waals surface area contributed by atoms with E-state index in [-0.39, 0.29) is 52.6 Å². The Balaban J connectivity index is 1.44. The minimum absolute atomic E-state index is 0.145. The molecule has 0 bridgehead atoms. The van der Waals surface area contributed by atoms with Gasteiger partial charge in [-0.05, 0) is 13.0 Å². The van der Waals surface area contributed by atoms with Crippen LogP contribution in [0.5, 0.6) is 5.75 Å². The molecule has 236 valence electrons. The number of hydrogen-bond donors (Lipinski definition) is 5. The molecule has 6 unspecified atom stereocenters. The number of nitrogens with one attached hydrogen (secondary N) is 2. The van der Waals surface area contributed by atoms with E-state index >= 15 is 4.39 Å². The molecule has 17 heteroatoms. The van der Waals surface area contributed by atoms with Crippen LogP contribution < -0.4 is 10.4 Å². The number of nitrogens with zero attached hydrogens (tertiary/aromatic N) is 3. The van der Waals surface area contributed by atoms with Crippen LogP contribution in [0.1, 0.15) is 44.5 Å². The van der Waals surface area contributed by atoms with E-state index < -0.39 is 64.4 Å². The van der Waals surface area contributed by atoms with Crippen molar-refractivity contribution in [2.24, 2.45) is 16.8 Å². The van der Waals surface area contributed by atoms with Crippen LogP contribution in [0.4, 0.5) is 4.39 Å². The number of amidine groups is 1. The second kappa shape index (κ2) is 12.7. The first-order valence-corrected chi connectivity index (χ1v) is 16.4. The molecule has 1 aromatic rings. The number of carbonyl (C=O) groups excluding carboxylic acids is 2. The summed E-state index contributed by atoms with van der Waals surface area (Å²) < 4.78 is 46.0. The summed E-state index contributed by atoms with van der Waals surface area (Å²) in [5, 5.41) is 22.6. The standard InChI is InChI=1S/C26H36FN5O9P2/c1-13(2)23(35)31-20-7-8-32(16(6)30-20)25-26(27)22(40-24(36)14(3)4)19(41-42(25)26)12-39-43(37,38)29-10-18-17(11-33)9-28-15(5)21(18)34/h7-9,13-14,19,22,25,33-34H,6,10-12H2,1-5H3,(H2,29,37,38)(H,30,31,35). The topological polar surface area (TPSA) is 192 Å². The number of hydrogen-bond acceptors (Lipinski definition) is 11. The number of aliphatic hydroxyl groups is 1. The first-order valence-electron chi connectivity index (χ1n) is 13.5. The highest BCUT2D eigenvalue weighted by Crippen LogP contribution is 2.84. The van der Waals surface area contributed by atoms with Crippen LogP contribution in [0.2, 0.25) is 0 Å². The molecule has 43 heavy (non-hydrogen) atoms. The molecule has 1 amide bonds. The summed E-state index contributed by atoms with van der Waals surface area (Å²) >= 11 is 0. The average molecular weight is 644 g/mol. The second-order valence-corrected chi connectivity index (χ2v) is 14.5. The Kier molecular flexibility index (Phi) is 9.77. The maximum Gasteiger partial charge on any atom is 0.403 e. The molecule has 14 nitrogen and oxygen atoms in total. The number of fused-ring (bicyclic) bond motifs is 1. The van der Waals surface area contributed by atoms with E-state index in [0.29, 0.717) is 0 Å². The zero-order chi connectivity index (χ0) is 31.9. The van der Waals surface area contributed by atoms with Crippen molar-refractivity contribution in [3.63, 3.8) is 0 Å². The van der Waals surface area contributed by atoms with E-state index in [1.54, 1.807) is 27.7 Å². The van der Waals surface area contributed by atoms with E-state index in [4.69, 9.17) is 13.8 Å². The number of pyridine rings is 1. The molecule has 6 atom stereocenters. The highest BCUT2D eigenvalue weighted by atomic mass is 31.2. The van der Waals surface area contributed by atoms with Gasteiger partial charge in [0.25, 0.3) is 0 Å². The van der Waals surface area contributed by atoms with Gasteiger partial charge in [-0.3, -0.25) is 19.1 Å². The van der Waals surface area contributed by atoms with E-state index in [2.05, 4.69) is 27.0 Å². The number of aliphatic hydroxyl groups excluding tert-OH is 1. The van der Waals surface area contributed by atoms with Crippen LogP contribution in [-0.4, -0.2) is 72.7 Å². The van der Waals surface area contributed by atoms with Gasteiger partial charge in [0, 0.05) is 36.0 Å². The zero-order valence-corrected chi connectivity index (χ0v) is 26.1. The van der Waals surface area contributed by atoms with E-state index in [1.165, 1.54) is 30.3 Å². The quantitative estimate of drug-likeness (QED) is 0.175. The molecule has 3 aliphatic heterocycles. The van der Waals surface area contributed by atoms with Crippen LogP contribution in [0.15, 0.2) is 35.9 Å². The minimum Gasteiger partial charge on any atom is -0.506 e. The van der Waals surface area contributed by atoms with Gasteiger partial charge in [0.2, 0.25) is 11.3 Å². The largest absolute Gasteiger partial charge is 0.506 e. The summed E-state index contributed by atoms with van der Waals surface area (Å²) in [6.45, 7) is 10.6. The lowest BCUT2D eigenvalue weighted by molar-refractivity contribution is -0.162. The molecule has 0 radical (unpaired) electrons. The van der Waals surface area contributed by atoms with Gasteiger partial charge in [-0.25, -0.2) is 19.0 Å². The van der Waals surface area contributed by atoms with Crippen LogP contribution in [0.3, 0.4) is 0 Å². The molecular weight excluding hydrogens is 607 g/mol. The van der Waals surface area contributed by atoms with Crippen molar-refractivity contribution < 1.29 is 47.4 Å². The number of alkyl halides is 1. The Morgan fingerprint density at radius 2 is 2.02 bits per heavy atom. The zero-order valence-electron chi connectivity index (χ0n) is 24.4. The van der Waals surface area contributed by atoms with Gasteiger partial charge < -0.3 is 34.6 Å². The van der Waals surface area contributed by atoms with Crippen LogP contribution in [0, 0.1) is 18.8 Å². The number of carbonyl (C=O) groups is 2. The number of aliphatic imine (C=N–C) groups is 1. The smallest absolute Gasteiger partial charge is 0.403 e. The summed E-state index contributed by atoms with van der Waals surface area (Å²) in [6, 6.07) is 0. The van der Waals surface area contributed by atoms with Gasteiger partial charge in [0.15, 0.2) is 6.10 Å². The molecule has 1 aromatic heterocycles. The van der Waals surface area contributed by atoms with Gasteiger partial charge in [-0.2, -0.15) is 0 Å². The van der Waals surface area contributed by atoms with Gasteiger partial charge in [0.1, 0.15) is 37.4 Å². The monoisotopic (exact) mass is 643 g/mol. The summed E-state index contributed by atoms with van der Waals surface area (Å²) in [6.07, 6.45) is 1.68. The van der Waals surface area contributed by atoms with E-state index in [9.17, 15) is 29.3 Å². The van der Waals surface area contributed by atoms with E-state index in [0.717, 1.165) is 0 Å². The third-order valence-corrected chi connectivity index (χ3v) is 10.5. The van der Waals surface area contributed by atoms with Crippen molar-refractivity contribution in [1.29, 1.82) is 0 Å². The highest BCUT2D eigenvalue weighted by molar-refractivity contribution is 7.64. The number of aryl methyl sites for hydroxylation is 1. The fraction of sp³-hybridized carbons (Fsp3) is 0.538. The molecule has 0 aromatic carbocycles. The number of aromatic hydroxyl groups is 1. The number of ether oxygens (including phenoxy) is 1. The lowest BCUT2D eigenvalue weighted by Gasteiger charge is -2.30. The number of amides is 1. The molecule has 0 aliphatic carbocycles. The molecule has 2 saturated heterocycles. The Hall–Kier alpha value is -2.77. The Bertz CT molecular complexity index is 1410. The first kappa shape index (κ1) is 33.1. The average Bonchev–Trinajstić information content (AvgIpc) is 3.42. The van der Waals surface area contributed by atoms with Crippen LogP contribution in [0.25, 0.3) is 0 Å². The van der Waals surface area contributed by atoms with Crippen molar-refractivity contribution in [3.05, 3.63) is 47.7 Å². The summed E-state index contributed by atoms with van der Waals surface area (Å²) in [5.74, 6) is -2.57. The summed E-state index contributed by atoms with van der Waals surface area (Å²) in [5.41, 5.74) is 0.666. The molecule has 0 saturated carbocycles. The number of aromatic nitrogens is 1. The second-order valence-electron chi connectivity index (χ2n) is 10.9. The summed E-state index contributed by atoms with van der Waals surface area (Å²) in [4.78, 5) is 44.6. The first-order chi connectivity index (χ1) is 20.1. The van der Waals surface area contributed by atoms with Crippen molar-refractivity contribution in [3.8, 4) is 5.75 Å². The van der Waals surface area contributed by atoms with Gasteiger partial charge in [-0.15, -0.1) is 0 Å². The fourth-order valence-electron chi connectivity index (χ4n) is 4.42. The molecule has 4 rings (SSSR count). The van der Waals surface area contributed by atoms with Crippen molar-refractivity contribution in [1.82, 2.24) is 20.3 Å². The third kappa shape index (κ3) is 6.83. The maximum absolute atomic E-state index is 16.5. The van der Waals surface area contributed by atoms with Crippen LogP contribution in [-0.2, 0) is 41.1 Å². The molecule has 3 aliphatic rings. The lowest BCUT2D eigenvalue weighted by Crippen LogP contribution is -2.46. The molecule has 5 N–H and O–H groups in total. The Morgan fingerprint density at radius 1 is 1.33 bits per heavy atom. The van der Waals surface area contributed by atoms with Crippen molar-refractivity contribution in [2.75, 3.05) is 6.61 Å². The third-order valence-electron chi connectivity index (χ3n) is 7.00. The van der Waals surface area contributed by atoms with E-state index in [1.807, 2.05) is 0 Å². The molecule has 2 fully saturated rings. The maximum atomic E-state index is 16.5. The molecule has 0 spiro atoms. The summed E-state index contributed by atoms with van der Waals surface area (Å²) in [7, 11) is -6.44. The predicted octanol–water partition coefficient (Wildman–Crippen LogP) is 2.63. The Morgan fingerprint density at radius 3 is 2.63 bits per heavy atom. The lowest BCUT2D eigenvalue weighted by atomic mass is 10.1. The number of halogens is 1. The minimum atomic E-state index is -4.55. The van der Waals surface area contributed by atoms with Crippen molar-refractivity contribution >= 4 is 33.6 Å². The molecular formula is C26H36FN5O9P2.